The van der Waals surface area contributed by atoms with Crippen LogP contribution in [0.5, 0.6) is 17.2 Å². The average molecular weight is 493 g/mol. The number of ketones is 2. The number of hydrogen-bond acceptors (Lipinski definition) is 8. The lowest BCUT2D eigenvalue weighted by atomic mass is 9.68. The first kappa shape index (κ1) is 21.7. The molecule has 3 aromatic rings. The number of fused-ring (bicyclic) bond motifs is 2. The van der Waals surface area contributed by atoms with Crippen LogP contribution in [0.15, 0.2) is 54.0 Å². The molecule has 3 heterocycles. The minimum absolute atomic E-state index is 0.0992. The zero-order valence-corrected chi connectivity index (χ0v) is 19.9. The highest BCUT2D eigenvalue weighted by Gasteiger charge is 2.63. The Morgan fingerprint density at radius 2 is 1.89 bits per heavy atom. The number of ether oxygens (including phenoxy) is 3. The molecule has 1 N–H and O–H groups in total. The van der Waals surface area contributed by atoms with Gasteiger partial charge in [0.1, 0.15) is 28.4 Å². The van der Waals surface area contributed by atoms with Crippen molar-refractivity contribution in [1.82, 2.24) is 14.8 Å². The van der Waals surface area contributed by atoms with E-state index in [0.29, 0.717) is 29.4 Å². The number of hydrogen-bond donors (Lipinski definition) is 1. The van der Waals surface area contributed by atoms with Gasteiger partial charge in [0.25, 0.3) is 0 Å². The zero-order valence-electron chi connectivity index (χ0n) is 19.2. The lowest BCUT2D eigenvalue weighted by Gasteiger charge is -2.42. The van der Waals surface area contributed by atoms with E-state index in [9.17, 15) is 9.59 Å². The molecule has 35 heavy (non-hydrogen) atoms. The second kappa shape index (κ2) is 7.58. The van der Waals surface area contributed by atoms with Gasteiger partial charge in [-0.25, -0.2) is 0 Å². The molecule has 10 heteroatoms. The van der Waals surface area contributed by atoms with Gasteiger partial charge in [0.15, 0.2) is 5.75 Å². The van der Waals surface area contributed by atoms with Crippen molar-refractivity contribution in [3.8, 4) is 17.2 Å². The Bertz CT molecular complexity index is 1430. The molecule has 0 bridgehead atoms. The Morgan fingerprint density at radius 1 is 1.14 bits per heavy atom. The third-order valence-electron chi connectivity index (χ3n) is 7.03. The number of carbonyl (C=O) groups excluding carboxylic acids is 2. The first-order valence-electron chi connectivity index (χ1n) is 11.1. The van der Waals surface area contributed by atoms with E-state index in [-0.39, 0.29) is 22.1 Å². The molecule has 0 fully saturated rings. The summed E-state index contributed by atoms with van der Waals surface area (Å²) in [6, 6.07) is 10.6. The molecule has 2 aromatic carbocycles. The van der Waals surface area contributed by atoms with E-state index in [0.717, 1.165) is 5.56 Å². The second-order valence-electron chi connectivity index (χ2n) is 8.79. The van der Waals surface area contributed by atoms with Crippen molar-refractivity contribution in [2.75, 3.05) is 19.5 Å². The molecule has 0 saturated heterocycles. The van der Waals surface area contributed by atoms with Crippen LogP contribution in [0, 0.1) is 5.92 Å². The van der Waals surface area contributed by atoms with Crippen LogP contribution in [-0.2, 0) is 4.79 Å². The maximum Gasteiger partial charge on any atom is 0.236 e. The largest absolute Gasteiger partial charge is 0.496 e. The van der Waals surface area contributed by atoms with Crippen molar-refractivity contribution in [1.29, 1.82) is 0 Å². The van der Waals surface area contributed by atoms with E-state index in [4.69, 9.17) is 25.8 Å². The smallest absolute Gasteiger partial charge is 0.236 e. The maximum atomic E-state index is 14.4. The Morgan fingerprint density at radius 3 is 2.60 bits per heavy atom. The van der Waals surface area contributed by atoms with Crippen molar-refractivity contribution < 1.29 is 23.8 Å². The summed E-state index contributed by atoms with van der Waals surface area (Å²) in [5.41, 5.74) is 0.355. The highest BCUT2D eigenvalue weighted by atomic mass is 35.5. The molecular weight excluding hydrogens is 472 g/mol. The number of halogens is 1. The van der Waals surface area contributed by atoms with E-state index in [2.05, 4.69) is 15.5 Å². The monoisotopic (exact) mass is 492 g/mol. The Kier molecular flexibility index (Phi) is 4.69. The fourth-order valence-corrected chi connectivity index (χ4v) is 5.63. The van der Waals surface area contributed by atoms with Gasteiger partial charge in [-0.05, 0) is 12.0 Å². The van der Waals surface area contributed by atoms with Crippen molar-refractivity contribution in [2.45, 2.75) is 25.0 Å². The van der Waals surface area contributed by atoms with Gasteiger partial charge < -0.3 is 19.5 Å². The van der Waals surface area contributed by atoms with E-state index in [1.54, 1.807) is 10.9 Å². The molecule has 3 aliphatic rings. The van der Waals surface area contributed by atoms with Crippen LogP contribution in [0.25, 0.3) is 0 Å². The minimum Gasteiger partial charge on any atom is -0.496 e. The van der Waals surface area contributed by atoms with Gasteiger partial charge in [-0.2, -0.15) is 0 Å². The SMILES string of the molecule is COc1cc(OC)c2c(c1Cl)O[C@@]1(C(=O)C3=C(C[C@H]1C)Nc1nncn1[C@H]3c1ccccc1)C2=O. The first-order chi connectivity index (χ1) is 16.9. The Balaban J connectivity index is 1.54. The average Bonchev–Trinajstić information content (AvgIpc) is 3.46. The molecule has 0 radical (unpaired) electrons. The van der Waals surface area contributed by atoms with Gasteiger partial charge in [0.2, 0.25) is 23.1 Å². The van der Waals surface area contributed by atoms with Gasteiger partial charge in [0.05, 0.1) is 20.3 Å². The molecule has 9 nitrogen and oxygen atoms in total. The zero-order chi connectivity index (χ0) is 24.5. The summed E-state index contributed by atoms with van der Waals surface area (Å²) in [6.45, 7) is 1.82. The molecule has 0 saturated carbocycles. The van der Waals surface area contributed by atoms with E-state index < -0.39 is 29.1 Å². The van der Waals surface area contributed by atoms with Crippen LogP contribution in [-0.4, -0.2) is 46.2 Å². The number of methoxy groups -OCH3 is 2. The quantitative estimate of drug-likeness (QED) is 0.550. The van der Waals surface area contributed by atoms with Crippen LogP contribution in [0.3, 0.4) is 0 Å². The molecule has 1 aliphatic carbocycles. The molecule has 3 atom stereocenters. The summed E-state index contributed by atoms with van der Waals surface area (Å²) < 4.78 is 18.9. The standard InChI is InChI=1S/C25H21ClN4O5/c1-12-9-14-17(20(13-7-5-4-6-8-13)30-11-27-29-24(30)28-14)22(31)25(12)23(32)18-15(33-2)10-16(34-3)19(26)21(18)35-25/h4-8,10-12,20H,9H2,1-3H3,(H,28,29)/t12-,20+,25+/m1/s1. The normalized spacial score (nSPS) is 24.5. The van der Waals surface area contributed by atoms with Crippen molar-refractivity contribution in [2.24, 2.45) is 5.92 Å². The molecule has 0 amide bonds. The summed E-state index contributed by atoms with van der Waals surface area (Å²) in [5, 5.41) is 11.6. The summed E-state index contributed by atoms with van der Waals surface area (Å²) in [6.07, 6.45) is 1.95. The van der Waals surface area contributed by atoms with E-state index >= 15 is 0 Å². The summed E-state index contributed by atoms with van der Waals surface area (Å²) in [7, 11) is 2.90. The van der Waals surface area contributed by atoms with Crippen LogP contribution in [0.4, 0.5) is 5.95 Å². The number of nitrogens with one attached hydrogen (secondary N) is 1. The van der Waals surface area contributed by atoms with Crippen LogP contribution in [0.1, 0.15) is 35.3 Å². The predicted octanol–water partition coefficient (Wildman–Crippen LogP) is 3.84. The third-order valence-corrected chi connectivity index (χ3v) is 7.39. The fourth-order valence-electron chi connectivity index (χ4n) is 5.36. The number of anilines is 1. The Hall–Kier alpha value is -3.85. The molecule has 2 aliphatic heterocycles. The summed E-state index contributed by atoms with van der Waals surface area (Å²) in [4.78, 5) is 28.5. The van der Waals surface area contributed by atoms with E-state index in [1.807, 2.05) is 37.3 Å². The topological polar surface area (TPSA) is 105 Å². The minimum atomic E-state index is -1.79. The van der Waals surface area contributed by atoms with Crippen LogP contribution in [0.2, 0.25) is 5.02 Å². The first-order valence-corrected chi connectivity index (χ1v) is 11.5. The van der Waals surface area contributed by atoms with Gasteiger partial charge in [-0.15, -0.1) is 10.2 Å². The number of aromatic nitrogens is 3. The third kappa shape index (κ3) is 2.75. The number of nitrogens with zero attached hydrogens (tertiary/aromatic N) is 3. The molecule has 1 spiro atoms. The van der Waals surface area contributed by atoms with E-state index in [1.165, 1.54) is 20.3 Å². The lowest BCUT2D eigenvalue weighted by molar-refractivity contribution is -0.130. The number of allylic oxidation sites excluding steroid dienone is 1. The van der Waals surface area contributed by atoms with Crippen LogP contribution < -0.4 is 19.5 Å². The number of rotatable bonds is 3. The van der Waals surface area contributed by atoms with Gasteiger partial charge >= 0.3 is 0 Å². The number of benzene rings is 2. The van der Waals surface area contributed by atoms with Gasteiger partial charge in [0, 0.05) is 23.3 Å². The number of Topliss-reactive ketones (excluding diaryl/α,β-unsaturated/α-hetero) is 2. The summed E-state index contributed by atoms with van der Waals surface area (Å²) >= 11 is 6.55. The molecule has 0 unspecified atom stereocenters. The second-order valence-corrected chi connectivity index (χ2v) is 9.17. The maximum absolute atomic E-state index is 14.4. The van der Waals surface area contributed by atoms with Crippen molar-refractivity contribution in [3.05, 3.63) is 70.1 Å². The van der Waals surface area contributed by atoms with Gasteiger partial charge in [-0.1, -0.05) is 48.9 Å². The predicted molar refractivity (Wildman–Crippen MR) is 126 cm³/mol. The molecular formula is C25H21ClN4O5. The highest BCUT2D eigenvalue weighted by molar-refractivity contribution is 6.36. The lowest BCUT2D eigenvalue weighted by Crippen LogP contribution is -2.58. The molecule has 178 valence electrons. The fraction of sp³-hybridized carbons (Fsp3) is 0.280. The number of carbonyl (C=O) groups is 2. The van der Waals surface area contributed by atoms with Gasteiger partial charge in [-0.3, -0.25) is 14.2 Å². The molecule has 1 aromatic heterocycles. The summed E-state index contributed by atoms with van der Waals surface area (Å²) in [5.74, 6) is -0.237. The van der Waals surface area contributed by atoms with Crippen molar-refractivity contribution >= 4 is 29.1 Å². The Labute approximate surface area is 205 Å². The molecule has 6 rings (SSSR count). The van der Waals surface area contributed by atoms with Crippen LogP contribution >= 0.6 is 11.6 Å². The highest BCUT2D eigenvalue weighted by Crippen LogP contribution is 2.55. The van der Waals surface area contributed by atoms with Crippen molar-refractivity contribution in [3.63, 3.8) is 0 Å².